The quantitative estimate of drug-likeness (QED) is 0.201. The van der Waals surface area contributed by atoms with Crippen molar-refractivity contribution < 1.29 is 14.6 Å². The van der Waals surface area contributed by atoms with Crippen LogP contribution in [0, 0.1) is 0 Å². The molecule has 0 fully saturated rings. The van der Waals surface area contributed by atoms with Crippen molar-refractivity contribution in [1.29, 1.82) is 0 Å². The van der Waals surface area contributed by atoms with Crippen LogP contribution in [0.3, 0.4) is 0 Å². The van der Waals surface area contributed by atoms with Crippen LogP contribution in [0.5, 0.6) is 5.75 Å². The second-order valence-electron chi connectivity index (χ2n) is 7.16. The lowest BCUT2D eigenvalue weighted by Crippen LogP contribution is -2.23. The lowest BCUT2D eigenvalue weighted by Gasteiger charge is -2.13. The van der Waals surface area contributed by atoms with Crippen molar-refractivity contribution >= 4 is 46.0 Å². The first-order valence-corrected chi connectivity index (χ1v) is 10.6. The molecule has 0 amide bonds. The normalized spacial score (nSPS) is 10.8. The molecule has 7 heteroatoms. The maximum Gasteiger partial charge on any atom is 0.335 e. The molecule has 0 spiro atoms. The van der Waals surface area contributed by atoms with Crippen molar-refractivity contribution in [2.24, 2.45) is 5.10 Å². The number of ether oxygens (including phenoxy) is 1. The minimum Gasteiger partial charge on any atom is -0.495 e. The Hall–Kier alpha value is -4.23. The number of hydrogen-bond donors (Lipinski definition) is 3. The molecular weight excluding hydrogens is 434 g/mol. The second kappa shape index (κ2) is 9.93. The monoisotopic (exact) mass is 455 g/mol. The number of carboxylic acids is 1. The summed E-state index contributed by atoms with van der Waals surface area (Å²) in [7, 11) is 1.64. The SMILES string of the molecule is COc1c(/C=N/NC(=S)Nc2ccc(C(=O)O)cc2)cccc1-c1cccc2ccccc12. The van der Waals surface area contributed by atoms with E-state index in [1.165, 1.54) is 12.1 Å². The van der Waals surface area contributed by atoms with Crippen molar-refractivity contribution in [3.8, 4) is 16.9 Å². The fourth-order valence-corrected chi connectivity index (χ4v) is 3.74. The summed E-state index contributed by atoms with van der Waals surface area (Å²) in [6.07, 6.45) is 1.65. The number of nitrogens with zero attached hydrogens (tertiary/aromatic N) is 1. The Morgan fingerprint density at radius 3 is 2.39 bits per heavy atom. The second-order valence-corrected chi connectivity index (χ2v) is 7.57. The first kappa shape index (κ1) is 22.0. The molecule has 164 valence electrons. The molecule has 6 nitrogen and oxygen atoms in total. The summed E-state index contributed by atoms with van der Waals surface area (Å²) in [5.74, 6) is -0.269. The molecule has 0 radical (unpaired) electrons. The van der Waals surface area contributed by atoms with Gasteiger partial charge in [-0.15, -0.1) is 0 Å². The molecule has 33 heavy (non-hydrogen) atoms. The third-order valence-electron chi connectivity index (χ3n) is 5.09. The zero-order valence-electron chi connectivity index (χ0n) is 17.8. The number of anilines is 1. The molecule has 4 rings (SSSR count). The Balaban J connectivity index is 1.52. The van der Waals surface area contributed by atoms with Crippen LogP contribution in [0.25, 0.3) is 21.9 Å². The molecule has 0 unspecified atom stereocenters. The summed E-state index contributed by atoms with van der Waals surface area (Å²) < 4.78 is 5.75. The fraction of sp³-hybridized carbons (Fsp3) is 0.0385. The van der Waals surface area contributed by atoms with E-state index in [4.69, 9.17) is 22.1 Å². The van der Waals surface area contributed by atoms with Gasteiger partial charge < -0.3 is 15.2 Å². The molecule has 0 aliphatic carbocycles. The Morgan fingerprint density at radius 1 is 0.939 bits per heavy atom. The van der Waals surface area contributed by atoms with Gasteiger partial charge in [0.2, 0.25) is 0 Å². The van der Waals surface area contributed by atoms with E-state index in [9.17, 15) is 4.79 Å². The van der Waals surface area contributed by atoms with Gasteiger partial charge in [-0.1, -0.05) is 54.6 Å². The predicted octanol–water partition coefficient (Wildman–Crippen LogP) is 5.53. The van der Waals surface area contributed by atoms with Gasteiger partial charge in [0.1, 0.15) is 5.75 Å². The van der Waals surface area contributed by atoms with Gasteiger partial charge in [-0.2, -0.15) is 5.10 Å². The Kier molecular flexibility index (Phi) is 6.61. The van der Waals surface area contributed by atoms with E-state index in [2.05, 4.69) is 40.1 Å². The molecule has 0 aliphatic rings. The highest BCUT2D eigenvalue weighted by atomic mass is 32.1. The van der Waals surface area contributed by atoms with Gasteiger partial charge in [0.15, 0.2) is 5.11 Å². The highest BCUT2D eigenvalue weighted by molar-refractivity contribution is 7.80. The van der Waals surface area contributed by atoms with Crippen LogP contribution >= 0.6 is 12.2 Å². The number of hydrogen-bond acceptors (Lipinski definition) is 4. The van der Waals surface area contributed by atoms with Gasteiger partial charge in [-0.25, -0.2) is 4.79 Å². The van der Waals surface area contributed by atoms with Crippen LogP contribution in [-0.2, 0) is 0 Å². The van der Waals surface area contributed by atoms with Crippen LogP contribution in [0.15, 0.2) is 90.0 Å². The molecule has 0 saturated heterocycles. The number of thiocarbonyl (C=S) groups is 1. The lowest BCUT2D eigenvalue weighted by molar-refractivity contribution is 0.0697. The van der Waals surface area contributed by atoms with Crippen LogP contribution in [0.2, 0.25) is 0 Å². The average molecular weight is 456 g/mol. The molecule has 0 heterocycles. The molecule has 4 aromatic carbocycles. The summed E-state index contributed by atoms with van der Waals surface area (Å²) in [5.41, 5.74) is 6.48. The third-order valence-corrected chi connectivity index (χ3v) is 5.28. The van der Waals surface area contributed by atoms with E-state index in [-0.39, 0.29) is 10.7 Å². The summed E-state index contributed by atoms with van der Waals surface area (Å²) in [4.78, 5) is 11.0. The number of fused-ring (bicyclic) bond motifs is 1. The summed E-state index contributed by atoms with van der Waals surface area (Å²) in [5, 5.41) is 18.8. The van der Waals surface area contributed by atoms with Crippen LogP contribution in [-0.4, -0.2) is 29.5 Å². The van der Waals surface area contributed by atoms with Crippen molar-refractivity contribution in [3.63, 3.8) is 0 Å². The van der Waals surface area contributed by atoms with E-state index < -0.39 is 5.97 Å². The third kappa shape index (κ3) is 4.99. The van der Waals surface area contributed by atoms with E-state index in [1.807, 2.05) is 36.4 Å². The maximum absolute atomic E-state index is 11.0. The minimum atomic E-state index is -0.980. The Labute approximate surface area is 196 Å². The number of nitrogens with one attached hydrogen (secondary N) is 2. The van der Waals surface area contributed by atoms with E-state index >= 15 is 0 Å². The fourth-order valence-electron chi connectivity index (χ4n) is 3.57. The van der Waals surface area contributed by atoms with Gasteiger partial charge >= 0.3 is 5.97 Å². The number of hydrazone groups is 1. The highest BCUT2D eigenvalue weighted by Gasteiger charge is 2.12. The summed E-state index contributed by atoms with van der Waals surface area (Å²) in [6.45, 7) is 0. The predicted molar refractivity (Wildman–Crippen MR) is 136 cm³/mol. The number of carbonyl (C=O) groups is 1. The number of rotatable bonds is 6. The molecule has 0 aliphatic heterocycles. The van der Waals surface area contributed by atoms with Crippen LogP contribution in [0.1, 0.15) is 15.9 Å². The zero-order valence-corrected chi connectivity index (χ0v) is 18.6. The van der Waals surface area contributed by atoms with E-state index in [0.29, 0.717) is 11.4 Å². The van der Waals surface area contributed by atoms with Gasteiger partial charge in [0.25, 0.3) is 0 Å². The number of aromatic carboxylic acids is 1. The minimum absolute atomic E-state index is 0.204. The van der Waals surface area contributed by atoms with Crippen LogP contribution in [0.4, 0.5) is 5.69 Å². The first-order valence-electron chi connectivity index (χ1n) is 10.2. The number of methoxy groups -OCH3 is 1. The molecular formula is C26H21N3O3S. The van der Waals surface area contributed by atoms with Crippen molar-refractivity contribution in [2.45, 2.75) is 0 Å². The van der Waals surface area contributed by atoms with E-state index in [0.717, 1.165) is 27.5 Å². The van der Waals surface area contributed by atoms with Crippen molar-refractivity contribution in [3.05, 3.63) is 96.1 Å². The molecule has 0 saturated carbocycles. The summed E-state index contributed by atoms with van der Waals surface area (Å²) >= 11 is 5.27. The van der Waals surface area contributed by atoms with Crippen molar-refractivity contribution in [2.75, 3.05) is 12.4 Å². The number of carboxylic acid groups (broad SMARTS) is 1. The zero-order chi connectivity index (χ0) is 23.2. The Morgan fingerprint density at radius 2 is 1.64 bits per heavy atom. The number of benzene rings is 4. The maximum atomic E-state index is 11.0. The largest absolute Gasteiger partial charge is 0.495 e. The smallest absolute Gasteiger partial charge is 0.335 e. The highest BCUT2D eigenvalue weighted by Crippen LogP contribution is 2.36. The molecule has 0 atom stereocenters. The van der Waals surface area contributed by atoms with Crippen LogP contribution < -0.4 is 15.5 Å². The van der Waals surface area contributed by atoms with Crippen molar-refractivity contribution in [1.82, 2.24) is 5.43 Å². The van der Waals surface area contributed by atoms with Gasteiger partial charge in [0.05, 0.1) is 18.9 Å². The standard InChI is InChI=1S/C26H21N3O3S/c1-32-24-19(16-27-29-26(33)28-20-14-12-18(13-15-20)25(30)31)8-5-11-23(24)22-10-4-7-17-6-2-3-9-21(17)22/h2-16H,1H3,(H,30,31)(H2,28,29,33)/b27-16+. The molecule has 4 aromatic rings. The van der Waals surface area contributed by atoms with Gasteiger partial charge in [0, 0.05) is 16.8 Å². The topological polar surface area (TPSA) is 83.0 Å². The molecule has 0 aromatic heterocycles. The number of para-hydroxylation sites is 1. The van der Waals surface area contributed by atoms with E-state index in [1.54, 1.807) is 25.5 Å². The first-order chi connectivity index (χ1) is 16.1. The van der Waals surface area contributed by atoms with Gasteiger partial charge in [-0.3, -0.25) is 5.43 Å². The Bertz CT molecular complexity index is 1350. The molecule has 3 N–H and O–H groups in total. The lowest BCUT2D eigenvalue weighted by atomic mass is 9.96. The van der Waals surface area contributed by atoms with Gasteiger partial charge in [-0.05, 0) is 58.9 Å². The molecule has 0 bridgehead atoms. The summed E-state index contributed by atoms with van der Waals surface area (Å²) in [6, 6.07) is 26.6. The average Bonchev–Trinajstić information content (AvgIpc) is 2.84.